The summed E-state index contributed by atoms with van der Waals surface area (Å²) in [7, 11) is 0. The Morgan fingerprint density at radius 1 is 1.41 bits per heavy atom. The Balaban J connectivity index is 2.39. The quantitative estimate of drug-likeness (QED) is 0.767. The van der Waals surface area contributed by atoms with E-state index in [4.69, 9.17) is 22.1 Å². The fraction of sp³-hybridized carbons (Fsp3) is 0.364. The van der Waals surface area contributed by atoms with Gasteiger partial charge in [-0.3, -0.25) is 4.79 Å². The van der Waals surface area contributed by atoms with Gasteiger partial charge in [0, 0.05) is 17.3 Å². The fourth-order valence-corrected chi connectivity index (χ4v) is 1.42. The van der Waals surface area contributed by atoms with Crippen LogP contribution in [0.2, 0.25) is 5.02 Å². The van der Waals surface area contributed by atoms with E-state index >= 15 is 0 Å². The molecule has 0 heterocycles. The maximum atomic E-state index is 13.0. The van der Waals surface area contributed by atoms with Crippen LogP contribution in [0.15, 0.2) is 18.2 Å². The molecule has 6 heteroatoms. The molecular weight excluding hydrogens is 247 g/mol. The molecule has 1 aromatic carbocycles. The molecule has 3 N–H and O–H groups in total. The fourth-order valence-electron chi connectivity index (χ4n) is 1.20. The molecular formula is C11H14ClFN2O2. The highest BCUT2D eigenvalue weighted by Gasteiger charge is 2.04. The number of anilines is 1. The van der Waals surface area contributed by atoms with Gasteiger partial charge in [0.2, 0.25) is 5.91 Å². The molecule has 17 heavy (non-hydrogen) atoms. The molecule has 0 atom stereocenters. The third-order valence-corrected chi connectivity index (χ3v) is 2.10. The van der Waals surface area contributed by atoms with Crippen LogP contribution < -0.4 is 11.1 Å². The van der Waals surface area contributed by atoms with Crippen molar-refractivity contribution >= 4 is 23.2 Å². The van der Waals surface area contributed by atoms with Crippen molar-refractivity contribution in [2.75, 3.05) is 25.1 Å². The topological polar surface area (TPSA) is 64.3 Å². The summed E-state index contributed by atoms with van der Waals surface area (Å²) in [6.07, 6.45) is 0.189. The van der Waals surface area contributed by atoms with E-state index in [9.17, 15) is 9.18 Å². The summed E-state index contributed by atoms with van der Waals surface area (Å²) < 4.78 is 18.0. The molecule has 1 aromatic rings. The van der Waals surface area contributed by atoms with E-state index in [-0.39, 0.29) is 24.0 Å². The lowest BCUT2D eigenvalue weighted by Gasteiger charge is -2.06. The number of benzene rings is 1. The normalized spacial score (nSPS) is 10.3. The van der Waals surface area contributed by atoms with Gasteiger partial charge in [-0.2, -0.15) is 0 Å². The zero-order chi connectivity index (χ0) is 12.7. The van der Waals surface area contributed by atoms with Gasteiger partial charge in [0.1, 0.15) is 5.82 Å². The molecule has 4 nitrogen and oxygen atoms in total. The number of hydrogen-bond acceptors (Lipinski definition) is 3. The lowest BCUT2D eigenvalue weighted by molar-refractivity contribution is -0.117. The molecule has 1 rings (SSSR count). The molecule has 1 amide bonds. The van der Waals surface area contributed by atoms with Crippen molar-refractivity contribution in [1.29, 1.82) is 0 Å². The number of halogens is 2. The Labute approximate surface area is 104 Å². The van der Waals surface area contributed by atoms with Crippen LogP contribution in [0.4, 0.5) is 10.1 Å². The Bertz CT molecular complexity index is 367. The smallest absolute Gasteiger partial charge is 0.226 e. The average Bonchev–Trinajstić information content (AvgIpc) is 2.23. The molecule has 0 spiro atoms. The van der Waals surface area contributed by atoms with Crippen molar-refractivity contribution in [3.8, 4) is 0 Å². The Morgan fingerprint density at radius 2 is 2.18 bits per heavy atom. The molecule has 0 aliphatic heterocycles. The van der Waals surface area contributed by atoms with Crippen molar-refractivity contribution in [3.05, 3.63) is 29.0 Å². The maximum absolute atomic E-state index is 13.0. The molecule has 0 bridgehead atoms. The lowest BCUT2D eigenvalue weighted by atomic mass is 10.3. The minimum absolute atomic E-state index is 0.189. The zero-order valence-electron chi connectivity index (χ0n) is 9.21. The van der Waals surface area contributed by atoms with Crippen molar-refractivity contribution in [2.24, 2.45) is 5.73 Å². The highest BCUT2D eigenvalue weighted by molar-refractivity contribution is 6.30. The molecule has 0 aliphatic carbocycles. The van der Waals surface area contributed by atoms with Gasteiger partial charge in [0.05, 0.1) is 19.6 Å². The summed E-state index contributed by atoms with van der Waals surface area (Å²) in [5.74, 6) is -0.754. The van der Waals surface area contributed by atoms with E-state index in [0.29, 0.717) is 18.8 Å². The van der Waals surface area contributed by atoms with Crippen molar-refractivity contribution in [3.63, 3.8) is 0 Å². The standard InChI is InChI=1S/C11H14ClFN2O2/c12-8-5-9(13)7-10(6-8)15-11(16)1-3-17-4-2-14/h5-7H,1-4,14H2,(H,15,16). The number of hydrogen-bond donors (Lipinski definition) is 2. The first kappa shape index (κ1) is 13.9. The first-order valence-electron chi connectivity index (χ1n) is 5.15. The summed E-state index contributed by atoms with van der Waals surface area (Å²) in [6.45, 7) is 1.12. The van der Waals surface area contributed by atoms with Crippen LogP contribution in [0, 0.1) is 5.82 Å². The second-order valence-electron chi connectivity index (χ2n) is 3.36. The number of nitrogens with one attached hydrogen (secondary N) is 1. The van der Waals surface area contributed by atoms with Gasteiger partial charge in [0.15, 0.2) is 0 Å². The van der Waals surface area contributed by atoms with Crippen molar-refractivity contribution < 1.29 is 13.9 Å². The number of nitrogens with two attached hydrogens (primary N) is 1. The second-order valence-corrected chi connectivity index (χ2v) is 3.79. The van der Waals surface area contributed by atoms with E-state index in [1.807, 2.05) is 0 Å². The lowest BCUT2D eigenvalue weighted by Crippen LogP contribution is -2.16. The summed E-state index contributed by atoms with van der Waals surface area (Å²) >= 11 is 5.65. The van der Waals surface area contributed by atoms with E-state index < -0.39 is 5.82 Å². The predicted molar refractivity (Wildman–Crippen MR) is 64.5 cm³/mol. The van der Waals surface area contributed by atoms with Gasteiger partial charge in [-0.25, -0.2) is 4.39 Å². The summed E-state index contributed by atoms with van der Waals surface area (Å²) in [4.78, 5) is 11.4. The van der Waals surface area contributed by atoms with Crippen LogP contribution in [0.25, 0.3) is 0 Å². The predicted octanol–water partition coefficient (Wildman–Crippen LogP) is 1.78. The van der Waals surface area contributed by atoms with E-state index in [1.54, 1.807) is 0 Å². The van der Waals surface area contributed by atoms with Crippen LogP contribution in [-0.4, -0.2) is 25.7 Å². The molecule has 0 fully saturated rings. The number of carbonyl (C=O) groups is 1. The molecule has 0 aromatic heterocycles. The first-order chi connectivity index (χ1) is 8.11. The number of carbonyl (C=O) groups excluding carboxylic acids is 1. The molecule has 94 valence electrons. The third-order valence-electron chi connectivity index (χ3n) is 1.88. The van der Waals surface area contributed by atoms with Gasteiger partial charge in [0.25, 0.3) is 0 Å². The SMILES string of the molecule is NCCOCCC(=O)Nc1cc(F)cc(Cl)c1. The molecule has 0 saturated carbocycles. The number of rotatable bonds is 6. The van der Waals surface area contributed by atoms with Gasteiger partial charge in [-0.1, -0.05) is 11.6 Å². The van der Waals surface area contributed by atoms with E-state index in [2.05, 4.69) is 5.32 Å². The molecule has 0 unspecified atom stereocenters. The summed E-state index contributed by atoms with van der Waals surface area (Å²) in [6, 6.07) is 3.84. The van der Waals surface area contributed by atoms with E-state index in [1.165, 1.54) is 18.2 Å². The average molecular weight is 261 g/mol. The van der Waals surface area contributed by atoms with Crippen LogP contribution in [-0.2, 0) is 9.53 Å². The molecule has 0 aliphatic rings. The van der Waals surface area contributed by atoms with Gasteiger partial charge >= 0.3 is 0 Å². The minimum Gasteiger partial charge on any atom is -0.380 e. The Kier molecular flexibility index (Phi) is 5.90. The Morgan fingerprint density at radius 3 is 2.82 bits per heavy atom. The Hall–Kier alpha value is -1.17. The number of ether oxygens (including phenoxy) is 1. The van der Waals surface area contributed by atoms with Crippen molar-refractivity contribution in [1.82, 2.24) is 0 Å². The zero-order valence-corrected chi connectivity index (χ0v) is 9.97. The van der Waals surface area contributed by atoms with Crippen LogP contribution in [0.1, 0.15) is 6.42 Å². The van der Waals surface area contributed by atoms with Crippen molar-refractivity contribution in [2.45, 2.75) is 6.42 Å². The summed E-state index contributed by atoms with van der Waals surface area (Å²) in [5, 5.41) is 2.76. The maximum Gasteiger partial charge on any atom is 0.226 e. The van der Waals surface area contributed by atoms with Crippen LogP contribution >= 0.6 is 11.6 Å². The second kappa shape index (κ2) is 7.21. The summed E-state index contributed by atoms with van der Waals surface area (Å²) in [5.41, 5.74) is 5.55. The third kappa shape index (κ3) is 5.63. The highest BCUT2D eigenvalue weighted by atomic mass is 35.5. The van der Waals surface area contributed by atoms with Gasteiger partial charge < -0.3 is 15.8 Å². The monoisotopic (exact) mass is 260 g/mol. The minimum atomic E-state index is -0.493. The van der Waals surface area contributed by atoms with Crippen LogP contribution in [0.5, 0.6) is 0 Å². The van der Waals surface area contributed by atoms with Gasteiger partial charge in [-0.15, -0.1) is 0 Å². The largest absolute Gasteiger partial charge is 0.380 e. The molecule has 0 saturated heterocycles. The first-order valence-corrected chi connectivity index (χ1v) is 5.53. The van der Waals surface area contributed by atoms with Gasteiger partial charge in [-0.05, 0) is 18.2 Å². The van der Waals surface area contributed by atoms with E-state index in [0.717, 1.165) is 0 Å². The highest BCUT2D eigenvalue weighted by Crippen LogP contribution is 2.18. The van der Waals surface area contributed by atoms with Crippen LogP contribution in [0.3, 0.4) is 0 Å². The molecule has 0 radical (unpaired) electrons. The number of amides is 1.